The van der Waals surface area contributed by atoms with Crippen LogP contribution in [-0.4, -0.2) is 52.9 Å². The lowest BCUT2D eigenvalue weighted by molar-refractivity contribution is -0.124. The molecular formula is C24H21F2N5O4. The Morgan fingerprint density at radius 3 is 2.54 bits per heavy atom. The predicted octanol–water partition coefficient (Wildman–Crippen LogP) is 1.80. The van der Waals surface area contributed by atoms with Crippen LogP contribution >= 0.6 is 0 Å². The molecule has 3 N–H and O–H groups in total. The first-order valence-corrected chi connectivity index (χ1v) is 10.5. The number of aromatic amines is 1. The summed E-state index contributed by atoms with van der Waals surface area (Å²) in [5, 5.41) is 6.39. The molecule has 180 valence electrons. The van der Waals surface area contributed by atoms with E-state index in [0.717, 1.165) is 6.07 Å². The second kappa shape index (κ2) is 9.39. The van der Waals surface area contributed by atoms with Crippen molar-refractivity contribution in [3.05, 3.63) is 45.4 Å². The SMILES string of the molecule is CC#CC(=O)N1CCC(n2cc(C#Cc3c(F)c(OC)cc(OC)c3F)c3c(N)n[nH]c(=O)c32)C1. The van der Waals surface area contributed by atoms with E-state index in [1.54, 1.807) is 22.6 Å². The fraction of sp³-hybridized carbons (Fsp3) is 0.292. The van der Waals surface area contributed by atoms with E-state index in [-0.39, 0.29) is 45.7 Å². The molecule has 2 aromatic heterocycles. The van der Waals surface area contributed by atoms with E-state index in [2.05, 4.69) is 33.9 Å². The normalized spacial score (nSPS) is 14.8. The number of hydrogen-bond acceptors (Lipinski definition) is 6. The third kappa shape index (κ3) is 4.13. The molecule has 1 saturated heterocycles. The average molecular weight is 481 g/mol. The number of nitrogens with two attached hydrogens (primary N) is 1. The number of carbonyl (C=O) groups excluding carboxylic acids is 1. The van der Waals surface area contributed by atoms with E-state index >= 15 is 0 Å². The summed E-state index contributed by atoms with van der Waals surface area (Å²) in [7, 11) is 2.47. The highest BCUT2D eigenvalue weighted by Crippen LogP contribution is 2.32. The van der Waals surface area contributed by atoms with Crippen molar-refractivity contribution in [2.24, 2.45) is 0 Å². The Balaban J connectivity index is 1.85. The zero-order valence-electron chi connectivity index (χ0n) is 19.2. The van der Waals surface area contributed by atoms with Crippen molar-refractivity contribution in [2.45, 2.75) is 19.4 Å². The molecule has 35 heavy (non-hydrogen) atoms. The van der Waals surface area contributed by atoms with Crippen molar-refractivity contribution < 1.29 is 23.0 Å². The lowest BCUT2D eigenvalue weighted by Gasteiger charge is -2.15. The lowest BCUT2D eigenvalue weighted by atomic mass is 10.1. The monoisotopic (exact) mass is 481 g/mol. The summed E-state index contributed by atoms with van der Waals surface area (Å²) in [6, 6.07) is 0.822. The Kier molecular flexibility index (Phi) is 6.34. The van der Waals surface area contributed by atoms with Crippen LogP contribution in [0.3, 0.4) is 0 Å². The van der Waals surface area contributed by atoms with Gasteiger partial charge < -0.3 is 24.7 Å². The third-order valence-corrected chi connectivity index (χ3v) is 5.75. The van der Waals surface area contributed by atoms with E-state index in [4.69, 9.17) is 15.2 Å². The molecule has 1 aromatic carbocycles. The molecule has 0 bridgehead atoms. The van der Waals surface area contributed by atoms with Gasteiger partial charge in [0.25, 0.3) is 11.5 Å². The molecule has 0 spiro atoms. The number of fused-ring (bicyclic) bond motifs is 1. The van der Waals surface area contributed by atoms with Crippen molar-refractivity contribution in [1.29, 1.82) is 0 Å². The van der Waals surface area contributed by atoms with Crippen LogP contribution in [0.1, 0.15) is 30.5 Å². The van der Waals surface area contributed by atoms with Gasteiger partial charge in [-0.05, 0) is 19.3 Å². The number of anilines is 1. The van der Waals surface area contributed by atoms with Gasteiger partial charge in [-0.3, -0.25) is 9.59 Å². The molecule has 1 atom stereocenters. The topological polar surface area (TPSA) is 115 Å². The molecule has 1 aliphatic heterocycles. The number of aromatic nitrogens is 3. The molecule has 0 saturated carbocycles. The summed E-state index contributed by atoms with van der Waals surface area (Å²) in [5.41, 5.74) is 5.41. The number of ether oxygens (including phenoxy) is 2. The molecule has 1 aliphatic rings. The quantitative estimate of drug-likeness (QED) is 0.552. The minimum atomic E-state index is -0.993. The zero-order valence-corrected chi connectivity index (χ0v) is 19.2. The summed E-state index contributed by atoms with van der Waals surface area (Å²) >= 11 is 0. The lowest BCUT2D eigenvalue weighted by Crippen LogP contribution is -2.28. The number of hydrogen-bond donors (Lipinski definition) is 2. The maximum absolute atomic E-state index is 14.8. The van der Waals surface area contributed by atoms with Gasteiger partial charge in [-0.15, -0.1) is 0 Å². The second-order valence-electron chi connectivity index (χ2n) is 7.71. The van der Waals surface area contributed by atoms with Gasteiger partial charge in [0.15, 0.2) is 29.0 Å². The van der Waals surface area contributed by atoms with E-state index in [1.807, 2.05) is 0 Å². The average Bonchev–Trinajstić information content (AvgIpc) is 3.48. The van der Waals surface area contributed by atoms with Crippen molar-refractivity contribution >= 4 is 22.6 Å². The molecule has 11 heteroatoms. The first-order chi connectivity index (χ1) is 16.8. The third-order valence-electron chi connectivity index (χ3n) is 5.75. The van der Waals surface area contributed by atoms with Crippen molar-refractivity contribution in [2.75, 3.05) is 33.0 Å². The van der Waals surface area contributed by atoms with Gasteiger partial charge >= 0.3 is 0 Å². The molecule has 0 radical (unpaired) electrons. The molecule has 1 amide bonds. The van der Waals surface area contributed by atoms with Crippen molar-refractivity contribution in [3.63, 3.8) is 0 Å². The summed E-state index contributed by atoms with van der Waals surface area (Å²) < 4.78 is 41.1. The van der Waals surface area contributed by atoms with Crippen LogP contribution in [0, 0.1) is 35.3 Å². The van der Waals surface area contributed by atoms with Crippen LogP contribution in [-0.2, 0) is 4.79 Å². The Labute approximate surface area is 198 Å². The fourth-order valence-electron chi connectivity index (χ4n) is 4.08. The maximum atomic E-state index is 14.8. The predicted molar refractivity (Wildman–Crippen MR) is 124 cm³/mol. The Morgan fingerprint density at radius 1 is 1.23 bits per heavy atom. The summed E-state index contributed by atoms with van der Waals surface area (Å²) in [6.45, 7) is 2.36. The number of nitrogens with one attached hydrogen (secondary N) is 1. The first-order valence-electron chi connectivity index (χ1n) is 10.5. The maximum Gasteiger partial charge on any atom is 0.298 e. The smallest absolute Gasteiger partial charge is 0.298 e. The van der Waals surface area contributed by atoms with Crippen LogP contribution < -0.4 is 20.8 Å². The molecular weight excluding hydrogens is 460 g/mol. The van der Waals surface area contributed by atoms with Crippen LogP contribution in [0.25, 0.3) is 10.9 Å². The molecule has 4 rings (SSSR count). The Bertz CT molecular complexity index is 1490. The van der Waals surface area contributed by atoms with Gasteiger partial charge in [-0.1, -0.05) is 17.8 Å². The van der Waals surface area contributed by atoms with Crippen LogP contribution in [0.2, 0.25) is 0 Å². The zero-order chi connectivity index (χ0) is 25.3. The highest BCUT2D eigenvalue weighted by atomic mass is 19.1. The van der Waals surface area contributed by atoms with Gasteiger partial charge in [0.1, 0.15) is 11.1 Å². The standard InChI is InChI=1S/C24H21F2N5O4/c1-4-5-18(32)30-9-8-14(12-30)31-11-13(19-22(31)24(33)29-28-23(19)27)6-7-15-20(25)16(34-2)10-17(35-3)21(15)26/h10-11,14H,8-9,12H2,1-3H3,(H2,27,28)(H,29,33). The number of nitrogen functional groups attached to an aromatic ring is 1. The number of benzene rings is 1. The van der Waals surface area contributed by atoms with Crippen LogP contribution in [0.15, 0.2) is 17.1 Å². The highest BCUT2D eigenvalue weighted by Gasteiger charge is 2.29. The molecule has 3 heterocycles. The van der Waals surface area contributed by atoms with Crippen molar-refractivity contribution in [1.82, 2.24) is 19.7 Å². The number of methoxy groups -OCH3 is 2. The van der Waals surface area contributed by atoms with Gasteiger partial charge in [-0.2, -0.15) is 5.10 Å². The summed E-state index contributed by atoms with van der Waals surface area (Å²) in [4.78, 5) is 26.4. The van der Waals surface area contributed by atoms with E-state index in [0.29, 0.717) is 19.5 Å². The van der Waals surface area contributed by atoms with E-state index < -0.39 is 22.8 Å². The Morgan fingerprint density at radius 2 is 1.91 bits per heavy atom. The van der Waals surface area contributed by atoms with Gasteiger partial charge in [0, 0.05) is 25.4 Å². The summed E-state index contributed by atoms with van der Waals surface area (Å²) in [5.74, 6) is 7.52. The molecule has 0 aliphatic carbocycles. The van der Waals surface area contributed by atoms with Gasteiger partial charge in [0.2, 0.25) is 0 Å². The number of likely N-dealkylation sites (tertiary alicyclic amines) is 1. The number of amides is 1. The highest BCUT2D eigenvalue weighted by molar-refractivity contribution is 5.95. The van der Waals surface area contributed by atoms with E-state index in [9.17, 15) is 18.4 Å². The molecule has 3 aromatic rings. The largest absolute Gasteiger partial charge is 0.493 e. The Hall–Kier alpha value is -4.51. The van der Waals surface area contributed by atoms with Crippen LogP contribution in [0.5, 0.6) is 11.5 Å². The first kappa shape index (κ1) is 23.6. The number of nitrogens with zero attached hydrogens (tertiary/aromatic N) is 3. The van der Waals surface area contributed by atoms with Gasteiger partial charge in [-0.25, -0.2) is 13.9 Å². The summed E-state index contributed by atoms with van der Waals surface area (Å²) in [6.07, 6.45) is 2.13. The minimum Gasteiger partial charge on any atom is -0.493 e. The second-order valence-corrected chi connectivity index (χ2v) is 7.71. The molecule has 1 unspecified atom stereocenters. The van der Waals surface area contributed by atoms with Gasteiger partial charge in [0.05, 0.1) is 31.2 Å². The number of rotatable bonds is 3. The van der Waals surface area contributed by atoms with E-state index in [1.165, 1.54) is 14.2 Å². The molecule has 9 nitrogen and oxygen atoms in total. The number of halogens is 2. The fourth-order valence-corrected chi connectivity index (χ4v) is 4.08. The number of H-pyrrole nitrogens is 1. The van der Waals surface area contributed by atoms with Crippen molar-refractivity contribution in [3.8, 4) is 35.2 Å². The van der Waals surface area contributed by atoms with Crippen LogP contribution in [0.4, 0.5) is 14.6 Å². The number of carbonyl (C=O) groups is 1. The molecule has 1 fully saturated rings. The minimum absolute atomic E-state index is 0.00500.